The Morgan fingerprint density at radius 2 is 1.25 bits per heavy atom. The van der Waals surface area contributed by atoms with Crippen molar-refractivity contribution in [3.8, 4) is 5.30 Å². The number of hydrogen-bond acceptors (Lipinski definition) is 0. The van der Waals surface area contributed by atoms with Crippen molar-refractivity contribution in [1.29, 1.82) is 0 Å². The predicted molar refractivity (Wildman–Crippen MR) is 114 cm³/mol. The van der Waals surface area contributed by atoms with E-state index in [0.29, 0.717) is 10.3 Å². The highest BCUT2D eigenvalue weighted by Crippen LogP contribution is 2.64. The molecule has 0 saturated carbocycles. The molecule has 3 rings (SSSR count). The summed E-state index contributed by atoms with van der Waals surface area (Å²) < 4.78 is 0. The Morgan fingerprint density at radius 3 is 1.83 bits per heavy atom. The van der Waals surface area contributed by atoms with Crippen molar-refractivity contribution < 1.29 is 0 Å². The second-order valence-corrected chi connectivity index (χ2v) is 14.7. The van der Waals surface area contributed by atoms with E-state index in [4.69, 9.17) is 0 Å². The van der Waals surface area contributed by atoms with Gasteiger partial charge in [0.05, 0.1) is 0 Å². The Morgan fingerprint density at radius 1 is 0.708 bits per heavy atom. The van der Waals surface area contributed by atoms with Gasteiger partial charge in [-0.05, 0) is 27.1 Å². The van der Waals surface area contributed by atoms with Gasteiger partial charge in [0.2, 0.25) is 0 Å². The smallest absolute Gasteiger partial charge is 0.00624 e. The molecule has 2 aromatic carbocycles. The Bertz CT molecular complexity index is 816. The second-order valence-electron chi connectivity index (χ2n) is 8.41. The fraction of sp³-hybridized carbons (Fsp3) is 0.364. The SMILES string of the molecule is CC(C)(C)P(c1cc2ccccc2p1-c1ccccc1)C(C)(C)C. The van der Waals surface area contributed by atoms with Gasteiger partial charge in [-0.2, -0.15) is 0 Å². The summed E-state index contributed by atoms with van der Waals surface area (Å²) >= 11 is 0. The lowest BCUT2D eigenvalue weighted by Gasteiger charge is -2.42. The first-order chi connectivity index (χ1) is 11.2. The van der Waals surface area contributed by atoms with Gasteiger partial charge in [-0.15, -0.1) is 0 Å². The molecule has 1 unspecified atom stereocenters. The second kappa shape index (κ2) is 6.33. The van der Waals surface area contributed by atoms with Crippen LogP contribution in [-0.2, 0) is 0 Å². The molecule has 1 heterocycles. The third kappa shape index (κ3) is 3.33. The molecule has 0 aliphatic carbocycles. The largest absolute Gasteiger partial charge is 0.0774 e. The average molecular weight is 354 g/mol. The zero-order chi connectivity index (χ0) is 17.5. The first kappa shape index (κ1) is 17.7. The van der Waals surface area contributed by atoms with E-state index in [1.165, 1.54) is 15.8 Å². The first-order valence-electron chi connectivity index (χ1n) is 8.66. The molecule has 2 heteroatoms. The molecule has 0 aliphatic rings. The quantitative estimate of drug-likeness (QED) is 0.417. The Hall–Kier alpha value is -1.09. The molecule has 24 heavy (non-hydrogen) atoms. The van der Waals surface area contributed by atoms with Crippen LogP contribution in [0.15, 0.2) is 60.7 Å². The van der Waals surface area contributed by atoms with Gasteiger partial charge in [-0.3, -0.25) is 0 Å². The van der Waals surface area contributed by atoms with Gasteiger partial charge in [0.1, 0.15) is 0 Å². The van der Waals surface area contributed by atoms with Crippen LogP contribution in [0.4, 0.5) is 0 Å². The lowest BCUT2D eigenvalue weighted by atomic mass is 10.2. The molecular weight excluding hydrogens is 326 g/mol. The molecule has 0 aliphatic heterocycles. The van der Waals surface area contributed by atoms with Crippen LogP contribution in [0.5, 0.6) is 0 Å². The molecule has 0 saturated heterocycles. The lowest BCUT2D eigenvalue weighted by Crippen LogP contribution is -2.30. The number of rotatable bonds is 2. The van der Waals surface area contributed by atoms with Gasteiger partial charge >= 0.3 is 0 Å². The van der Waals surface area contributed by atoms with Crippen molar-refractivity contribution in [3.63, 3.8) is 0 Å². The molecular formula is C22H28P2. The van der Waals surface area contributed by atoms with E-state index in [2.05, 4.69) is 102 Å². The minimum atomic E-state index is -0.398. The van der Waals surface area contributed by atoms with Crippen molar-refractivity contribution >= 4 is 31.0 Å². The van der Waals surface area contributed by atoms with Gasteiger partial charge < -0.3 is 0 Å². The van der Waals surface area contributed by atoms with Crippen LogP contribution >= 0.6 is 15.5 Å². The fourth-order valence-electron chi connectivity index (χ4n) is 3.85. The molecule has 0 nitrogen and oxygen atoms in total. The Kier molecular flexibility index (Phi) is 4.67. The van der Waals surface area contributed by atoms with Crippen molar-refractivity contribution in [2.24, 2.45) is 0 Å². The molecule has 0 amide bonds. The van der Waals surface area contributed by atoms with Crippen LogP contribution < -0.4 is 5.04 Å². The van der Waals surface area contributed by atoms with E-state index < -0.39 is 7.53 Å². The predicted octanol–water partition coefficient (Wildman–Crippen LogP) is 7.52. The molecule has 0 fully saturated rings. The third-order valence-corrected chi connectivity index (χ3v) is 11.0. The van der Waals surface area contributed by atoms with Gasteiger partial charge in [-0.1, -0.05) is 112 Å². The van der Waals surface area contributed by atoms with E-state index in [1.54, 1.807) is 5.04 Å². The highest BCUT2D eigenvalue weighted by molar-refractivity contribution is 7.85. The first-order valence-corrected chi connectivity index (χ1v) is 11.3. The molecule has 0 spiro atoms. The number of hydrogen-bond donors (Lipinski definition) is 0. The molecule has 0 N–H and O–H groups in total. The maximum atomic E-state index is 2.52. The highest BCUT2D eigenvalue weighted by atomic mass is 31.2. The summed E-state index contributed by atoms with van der Waals surface area (Å²) in [5, 5.41) is 6.77. The Labute approximate surface area is 149 Å². The normalized spacial score (nSPS) is 13.7. The van der Waals surface area contributed by atoms with Crippen molar-refractivity contribution in [3.05, 3.63) is 60.7 Å². The minimum Gasteiger partial charge on any atom is -0.0774 e. The van der Waals surface area contributed by atoms with Crippen LogP contribution in [0.3, 0.4) is 0 Å². The average Bonchev–Trinajstić information content (AvgIpc) is 2.83. The molecule has 0 bridgehead atoms. The van der Waals surface area contributed by atoms with Crippen molar-refractivity contribution in [1.82, 2.24) is 0 Å². The monoisotopic (exact) mass is 354 g/mol. The third-order valence-electron chi connectivity index (χ3n) is 4.28. The van der Waals surface area contributed by atoms with Crippen LogP contribution in [-0.4, -0.2) is 10.3 Å². The number of fused-ring (bicyclic) bond motifs is 1. The van der Waals surface area contributed by atoms with Crippen molar-refractivity contribution in [2.75, 3.05) is 0 Å². The minimum absolute atomic E-state index is 0.263. The zero-order valence-electron chi connectivity index (χ0n) is 15.7. The van der Waals surface area contributed by atoms with Crippen LogP contribution in [0.25, 0.3) is 15.8 Å². The maximum absolute atomic E-state index is 2.52. The highest BCUT2D eigenvalue weighted by Gasteiger charge is 2.37. The van der Waals surface area contributed by atoms with E-state index >= 15 is 0 Å². The topological polar surface area (TPSA) is 0 Å². The summed E-state index contributed by atoms with van der Waals surface area (Å²) in [5.74, 6) is 0. The molecule has 3 aromatic rings. The molecule has 126 valence electrons. The van der Waals surface area contributed by atoms with Gasteiger partial charge in [-0.25, -0.2) is 0 Å². The molecule has 1 atom stereocenters. The lowest BCUT2D eigenvalue weighted by molar-refractivity contribution is 0.715. The standard InChI is InChI=1S/C22H28P2/c1-21(2,3)24(22(4,5)6)20-16-17-12-10-11-15-19(17)23(20)18-13-8-7-9-14-18/h7-16H,1-6H3. The zero-order valence-corrected chi connectivity index (χ0v) is 17.5. The summed E-state index contributed by atoms with van der Waals surface area (Å²) in [7, 11) is -0.661. The number of benzene rings is 2. The van der Waals surface area contributed by atoms with E-state index in [9.17, 15) is 0 Å². The molecule has 0 radical (unpaired) electrons. The van der Waals surface area contributed by atoms with E-state index in [0.717, 1.165) is 0 Å². The van der Waals surface area contributed by atoms with E-state index in [1.807, 2.05) is 0 Å². The van der Waals surface area contributed by atoms with Crippen LogP contribution in [0.1, 0.15) is 41.5 Å². The fourth-order valence-corrected chi connectivity index (χ4v) is 12.9. The van der Waals surface area contributed by atoms with Crippen LogP contribution in [0, 0.1) is 0 Å². The summed E-state index contributed by atoms with van der Waals surface area (Å²) in [5.41, 5.74) is 0. The van der Waals surface area contributed by atoms with E-state index in [-0.39, 0.29) is 7.92 Å². The summed E-state index contributed by atoms with van der Waals surface area (Å²) in [4.78, 5) is 0. The van der Waals surface area contributed by atoms with Crippen molar-refractivity contribution in [2.45, 2.75) is 51.9 Å². The Balaban J connectivity index is 2.35. The summed E-state index contributed by atoms with van der Waals surface area (Å²) in [6, 6.07) is 22.7. The molecule has 1 aromatic heterocycles. The van der Waals surface area contributed by atoms with Gasteiger partial charge in [0.25, 0.3) is 0 Å². The summed E-state index contributed by atoms with van der Waals surface area (Å²) in [6.45, 7) is 14.5. The van der Waals surface area contributed by atoms with Gasteiger partial charge in [0, 0.05) is 10.2 Å². The maximum Gasteiger partial charge on any atom is 0.00624 e. The van der Waals surface area contributed by atoms with Gasteiger partial charge in [0.15, 0.2) is 0 Å². The summed E-state index contributed by atoms with van der Waals surface area (Å²) in [6.07, 6.45) is 0. The van der Waals surface area contributed by atoms with Crippen LogP contribution in [0.2, 0.25) is 0 Å².